The summed E-state index contributed by atoms with van der Waals surface area (Å²) in [5, 5.41) is 22.3. The summed E-state index contributed by atoms with van der Waals surface area (Å²) in [6, 6.07) is 6.28. The van der Waals surface area contributed by atoms with Gasteiger partial charge in [-0.25, -0.2) is 0 Å². The average Bonchev–Trinajstić information content (AvgIpc) is 3.15. The van der Waals surface area contributed by atoms with Crippen molar-refractivity contribution in [2.24, 2.45) is 34.5 Å². The van der Waals surface area contributed by atoms with Gasteiger partial charge in [0.05, 0.1) is 11.0 Å². The maximum Gasteiger partial charge on any atom is 0.269 e. The quantitative estimate of drug-likeness (QED) is 0.354. The molecule has 8 atom stereocenters. The number of fused-ring (bicyclic) bond motifs is 5. The van der Waals surface area contributed by atoms with Gasteiger partial charge in [-0.05, 0) is 104 Å². The van der Waals surface area contributed by atoms with Gasteiger partial charge < -0.3 is 9.84 Å². The van der Waals surface area contributed by atoms with E-state index in [0.717, 1.165) is 30.6 Å². The first-order chi connectivity index (χ1) is 15.7. The SMILES string of the molecule is CO[C@H]1CC[C@H]2[C@@H]3CC[C@@H]4C[C@@](O)(C#Cc5ccc([N+](=O)[O-])cc5)CC[C@]4(C)[C@H]3CC[C@]12C. The predicted molar refractivity (Wildman–Crippen MR) is 127 cm³/mol. The molecule has 4 fully saturated rings. The van der Waals surface area contributed by atoms with Gasteiger partial charge in [-0.2, -0.15) is 0 Å². The molecular weight excluding hydrogens is 414 g/mol. The van der Waals surface area contributed by atoms with Crippen LogP contribution in [0.1, 0.15) is 77.2 Å². The molecular formula is C28H37NO4. The molecule has 1 aromatic rings. The summed E-state index contributed by atoms with van der Waals surface area (Å²) in [6.07, 6.45) is 10.4. The highest BCUT2D eigenvalue weighted by Gasteiger charge is 2.61. The Kier molecular flexibility index (Phi) is 5.61. The van der Waals surface area contributed by atoms with E-state index >= 15 is 0 Å². The minimum atomic E-state index is -0.962. The van der Waals surface area contributed by atoms with Crippen LogP contribution in [0, 0.1) is 56.5 Å². The first kappa shape index (κ1) is 22.9. The van der Waals surface area contributed by atoms with E-state index in [4.69, 9.17) is 4.74 Å². The van der Waals surface area contributed by atoms with Crippen LogP contribution in [0.4, 0.5) is 5.69 Å². The molecule has 33 heavy (non-hydrogen) atoms. The zero-order valence-electron chi connectivity index (χ0n) is 20.2. The smallest absolute Gasteiger partial charge is 0.269 e. The summed E-state index contributed by atoms with van der Waals surface area (Å²) >= 11 is 0. The monoisotopic (exact) mass is 451 g/mol. The lowest BCUT2D eigenvalue weighted by atomic mass is 9.44. The molecule has 0 radical (unpaired) electrons. The Morgan fingerprint density at radius 3 is 2.42 bits per heavy atom. The van der Waals surface area contributed by atoms with Gasteiger partial charge in [-0.3, -0.25) is 10.1 Å². The average molecular weight is 452 g/mol. The predicted octanol–water partition coefficient (Wildman–Crippen LogP) is 5.74. The third kappa shape index (κ3) is 3.70. The molecule has 1 N–H and O–H groups in total. The molecule has 0 unspecified atom stereocenters. The van der Waals surface area contributed by atoms with E-state index in [0.29, 0.717) is 29.4 Å². The van der Waals surface area contributed by atoms with Gasteiger partial charge in [0.1, 0.15) is 5.60 Å². The Morgan fingerprint density at radius 1 is 1.00 bits per heavy atom. The van der Waals surface area contributed by atoms with E-state index in [-0.39, 0.29) is 11.1 Å². The summed E-state index contributed by atoms with van der Waals surface area (Å²) in [5.41, 5.74) is 0.441. The van der Waals surface area contributed by atoms with Crippen molar-refractivity contribution in [1.82, 2.24) is 0 Å². The lowest BCUT2D eigenvalue weighted by Crippen LogP contribution is -2.56. The van der Waals surface area contributed by atoms with Crippen molar-refractivity contribution in [3.63, 3.8) is 0 Å². The molecule has 0 aliphatic heterocycles. The van der Waals surface area contributed by atoms with Crippen molar-refractivity contribution in [2.45, 2.75) is 83.3 Å². The zero-order valence-corrected chi connectivity index (χ0v) is 20.2. The number of nitro benzene ring substituents is 1. The van der Waals surface area contributed by atoms with Gasteiger partial charge in [0.2, 0.25) is 0 Å². The van der Waals surface area contributed by atoms with Crippen molar-refractivity contribution in [3.05, 3.63) is 39.9 Å². The first-order valence-electron chi connectivity index (χ1n) is 12.7. The van der Waals surface area contributed by atoms with Crippen molar-refractivity contribution in [1.29, 1.82) is 0 Å². The number of nitrogens with zero attached hydrogens (tertiary/aromatic N) is 1. The van der Waals surface area contributed by atoms with Crippen molar-refractivity contribution in [2.75, 3.05) is 7.11 Å². The molecule has 0 aromatic heterocycles. The highest BCUT2D eigenvalue weighted by Crippen LogP contribution is 2.67. The standard InChI is InChI=1S/C28H37NO4/c1-26-16-17-28(30,15-12-19-4-7-21(8-5-19)29(31)32)18-20(26)6-9-22-23-10-11-25(33-3)27(23,2)14-13-24(22)26/h4-5,7-8,20,22-25,30H,6,9-11,13-14,16-18H2,1-3H3/t20-,22+,23+,24+,25+,26+,27+,28-/m1/s1. The Bertz CT molecular complexity index is 980. The van der Waals surface area contributed by atoms with Crippen LogP contribution in [0.25, 0.3) is 0 Å². The molecule has 0 heterocycles. The lowest BCUT2D eigenvalue weighted by Gasteiger charge is -2.61. The van der Waals surface area contributed by atoms with Gasteiger partial charge in [0.15, 0.2) is 0 Å². The molecule has 178 valence electrons. The Labute approximate surface area is 197 Å². The van der Waals surface area contributed by atoms with Crippen LogP contribution in [0.3, 0.4) is 0 Å². The van der Waals surface area contributed by atoms with Crippen LogP contribution in [0.5, 0.6) is 0 Å². The number of hydrogen-bond donors (Lipinski definition) is 1. The van der Waals surface area contributed by atoms with E-state index in [1.165, 1.54) is 50.7 Å². The number of hydrogen-bond acceptors (Lipinski definition) is 4. The van der Waals surface area contributed by atoms with E-state index in [1.807, 2.05) is 7.11 Å². The number of non-ortho nitro benzene ring substituents is 1. The van der Waals surface area contributed by atoms with Crippen LogP contribution >= 0.6 is 0 Å². The Hall–Kier alpha value is -1.90. The fourth-order valence-electron chi connectivity index (χ4n) is 8.55. The Balaban J connectivity index is 1.32. The number of ether oxygens (including phenoxy) is 1. The van der Waals surface area contributed by atoms with Crippen molar-refractivity contribution >= 4 is 5.69 Å². The molecule has 5 heteroatoms. The summed E-state index contributed by atoms with van der Waals surface area (Å²) in [5.74, 6) is 9.08. The summed E-state index contributed by atoms with van der Waals surface area (Å²) in [7, 11) is 1.89. The third-order valence-corrected chi connectivity index (χ3v) is 10.4. The number of benzene rings is 1. The minimum absolute atomic E-state index is 0.0621. The van der Waals surface area contributed by atoms with Crippen LogP contribution in [-0.4, -0.2) is 28.8 Å². The fraction of sp³-hybridized carbons (Fsp3) is 0.714. The maximum atomic E-state index is 11.4. The summed E-state index contributed by atoms with van der Waals surface area (Å²) < 4.78 is 5.92. The van der Waals surface area contributed by atoms with Crippen LogP contribution < -0.4 is 0 Å². The maximum absolute atomic E-state index is 11.4. The number of rotatable bonds is 2. The largest absolute Gasteiger partial charge is 0.381 e. The van der Waals surface area contributed by atoms with Crippen LogP contribution in [-0.2, 0) is 4.74 Å². The number of methoxy groups -OCH3 is 1. The van der Waals surface area contributed by atoms with Crippen LogP contribution in [0.15, 0.2) is 24.3 Å². The van der Waals surface area contributed by atoms with E-state index in [9.17, 15) is 15.2 Å². The second kappa shape index (κ2) is 8.10. The number of aliphatic hydroxyl groups is 1. The normalized spacial score (nSPS) is 44.1. The molecule has 5 rings (SSSR count). The number of nitro groups is 1. The molecule has 1 aromatic carbocycles. The molecule has 0 saturated heterocycles. The van der Waals surface area contributed by atoms with E-state index in [2.05, 4.69) is 25.7 Å². The molecule has 5 nitrogen and oxygen atoms in total. The van der Waals surface area contributed by atoms with Crippen molar-refractivity contribution < 1.29 is 14.8 Å². The second-order valence-electron chi connectivity index (χ2n) is 11.8. The molecule has 4 aliphatic rings. The lowest BCUT2D eigenvalue weighted by molar-refractivity contribution is -0.384. The molecule has 0 amide bonds. The summed E-state index contributed by atoms with van der Waals surface area (Å²) in [6.45, 7) is 4.99. The minimum Gasteiger partial charge on any atom is -0.381 e. The van der Waals surface area contributed by atoms with Gasteiger partial charge in [0, 0.05) is 24.8 Å². The highest BCUT2D eigenvalue weighted by molar-refractivity contribution is 5.42. The van der Waals surface area contributed by atoms with E-state index < -0.39 is 10.5 Å². The topological polar surface area (TPSA) is 72.6 Å². The van der Waals surface area contributed by atoms with Gasteiger partial charge >= 0.3 is 0 Å². The highest BCUT2D eigenvalue weighted by atomic mass is 16.6. The molecule has 0 spiro atoms. The zero-order chi connectivity index (χ0) is 23.4. The van der Waals surface area contributed by atoms with E-state index in [1.54, 1.807) is 12.1 Å². The van der Waals surface area contributed by atoms with Crippen molar-refractivity contribution in [3.8, 4) is 11.8 Å². The van der Waals surface area contributed by atoms with Crippen LogP contribution in [0.2, 0.25) is 0 Å². The second-order valence-corrected chi connectivity index (χ2v) is 11.8. The first-order valence-corrected chi connectivity index (χ1v) is 12.7. The molecule has 4 saturated carbocycles. The van der Waals surface area contributed by atoms with Gasteiger partial charge in [0.25, 0.3) is 5.69 Å². The molecule has 4 aliphatic carbocycles. The van der Waals surface area contributed by atoms with Gasteiger partial charge in [-0.15, -0.1) is 0 Å². The van der Waals surface area contributed by atoms with Gasteiger partial charge in [-0.1, -0.05) is 25.7 Å². The molecule has 0 bridgehead atoms. The summed E-state index contributed by atoms with van der Waals surface area (Å²) in [4.78, 5) is 10.5. The third-order valence-electron chi connectivity index (χ3n) is 10.4. The fourth-order valence-corrected chi connectivity index (χ4v) is 8.55. The Morgan fingerprint density at radius 2 is 1.73 bits per heavy atom.